The van der Waals surface area contributed by atoms with Crippen molar-refractivity contribution in [3.05, 3.63) is 84.2 Å². The smallest absolute Gasteiger partial charge is 0.341 e. The summed E-state index contributed by atoms with van der Waals surface area (Å²) in [7, 11) is -7.86. The quantitative estimate of drug-likeness (QED) is 0.433. The number of pyridine rings is 1. The highest BCUT2D eigenvalue weighted by Crippen LogP contribution is 2.23. The second-order valence-corrected chi connectivity index (χ2v) is 10.5. The fourth-order valence-corrected chi connectivity index (χ4v) is 4.84. The summed E-state index contributed by atoms with van der Waals surface area (Å²) >= 11 is 0. The second kappa shape index (κ2) is 10.1. The lowest BCUT2D eigenvalue weighted by Crippen LogP contribution is -2.30. The van der Waals surface area contributed by atoms with Crippen LogP contribution < -0.4 is 9.88 Å². The minimum Gasteiger partial charge on any atom is -0.482 e. The SMILES string of the molecule is NS(=O)(=O)c1ccc(CN(Cc2cccc(OCC(=O)O)c2)S(=O)(=O)c2cccnc2)cc1. The van der Waals surface area contributed by atoms with Gasteiger partial charge in [0.1, 0.15) is 10.6 Å². The van der Waals surface area contributed by atoms with E-state index in [-0.39, 0.29) is 28.6 Å². The molecule has 0 bridgehead atoms. The molecule has 0 aliphatic rings. The highest BCUT2D eigenvalue weighted by Gasteiger charge is 2.25. The predicted octanol–water partition coefficient (Wildman–Crippen LogP) is 1.58. The fraction of sp³-hybridized carbons (Fsp3) is 0.143. The van der Waals surface area contributed by atoms with Crippen LogP contribution in [0.4, 0.5) is 0 Å². The van der Waals surface area contributed by atoms with Gasteiger partial charge in [0, 0.05) is 25.5 Å². The van der Waals surface area contributed by atoms with Crippen LogP contribution >= 0.6 is 0 Å². The van der Waals surface area contributed by atoms with Gasteiger partial charge >= 0.3 is 5.97 Å². The van der Waals surface area contributed by atoms with Gasteiger partial charge in [0.05, 0.1) is 4.90 Å². The number of primary sulfonamides is 1. The number of nitrogens with zero attached hydrogens (tertiary/aromatic N) is 2. The summed E-state index contributed by atoms with van der Waals surface area (Å²) in [6, 6.07) is 14.9. The molecular weight excluding hydrogens is 470 g/mol. The molecule has 0 fully saturated rings. The van der Waals surface area contributed by atoms with Crippen LogP contribution in [0, 0.1) is 0 Å². The van der Waals surface area contributed by atoms with E-state index in [0.29, 0.717) is 11.1 Å². The van der Waals surface area contributed by atoms with Crippen molar-refractivity contribution in [2.24, 2.45) is 5.14 Å². The number of ether oxygens (including phenoxy) is 1. The lowest BCUT2D eigenvalue weighted by atomic mass is 10.2. The Labute approximate surface area is 191 Å². The predicted molar refractivity (Wildman–Crippen MR) is 118 cm³/mol. The van der Waals surface area contributed by atoms with Gasteiger partial charge in [0.15, 0.2) is 6.61 Å². The first-order valence-corrected chi connectivity index (χ1v) is 12.5. The Morgan fingerprint density at radius 1 is 0.939 bits per heavy atom. The molecule has 3 N–H and O–H groups in total. The van der Waals surface area contributed by atoms with Crippen LogP contribution in [0.2, 0.25) is 0 Å². The van der Waals surface area contributed by atoms with Gasteiger partial charge in [0.2, 0.25) is 20.0 Å². The van der Waals surface area contributed by atoms with Crippen molar-refractivity contribution in [3.63, 3.8) is 0 Å². The van der Waals surface area contributed by atoms with Crippen molar-refractivity contribution >= 4 is 26.0 Å². The van der Waals surface area contributed by atoms with Gasteiger partial charge < -0.3 is 9.84 Å². The Morgan fingerprint density at radius 3 is 2.24 bits per heavy atom. The number of hydrogen-bond donors (Lipinski definition) is 2. The Bertz CT molecular complexity index is 1330. The van der Waals surface area contributed by atoms with E-state index >= 15 is 0 Å². The zero-order chi connectivity index (χ0) is 24.1. The summed E-state index contributed by atoms with van der Waals surface area (Å²) in [5, 5.41) is 13.9. The molecule has 0 aliphatic carbocycles. The summed E-state index contributed by atoms with van der Waals surface area (Å²) in [5.41, 5.74) is 1.10. The third-order valence-electron chi connectivity index (χ3n) is 4.50. The summed E-state index contributed by atoms with van der Waals surface area (Å²) in [4.78, 5) is 14.5. The van der Waals surface area contributed by atoms with E-state index in [0.717, 1.165) is 0 Å². The third-order valence-corrected chi connectivity index (χ3v) is 7.21. The molecule has 0 saturated heterocycles. The molecular formula is C21H21N3O7S2. The van der Waals surface area contributed by atoms with Crippen molar-refractivity contribution in [2.75, 3.05) is 6.61 Å². The molecule has 0 aliphatic heterocycles. The fourth-order valence-electron chi connectivity index (χ4n) is 2.95. The van der Waals surface area contributed by atoms with Crippen LogP contribution in [0.3, 0.4) is 0 Å². The number of rotatable bonds is 10. The first kappa shape index (κ1) is 24.3. The maximum atomic E-state index is 13.3. The summed E-state index contributed by atoms with van der Waals surface area (Å²) < 4.78 is 56.0. The number of benzene rings is 2. The lowest BCUT2D eigenvalue weighted by Gasteiger charge is -2.23. The molecule has 10 nitrogen and oxygen atoms in total. The number of nitrogens with two attached hydrogens (primary N) is 1. The summed E-state index contributed by atoms with van der Waals surface area (Å²) in [6.45, 7) is -0.654. The first-order chi connectivity index (χ1) is 15.6. The first-order valence-electron chi connectivity index (χ1n) is 9.51. The Morgan fingerprint density at radius 2 is 1.64 bits per heavy atom. The van der Waals surface area contributed by atoms with E-state index in [1.807, 2.05) is 0 Å². The number of carboxylic acid groups (broad SMARTS) is 1. The monoisotopic (exact) mass is 491 g/mol. The maximum Gasteiger partial charge on any atom is 0.341 e. The minimum absolute atomic E-state index is 0.00978. The third kappa shape index (κ3) is 6.58. The second-order valence-electron chi connectivity index (χ2n) is 6.98. The van der Waals surface area contributed by atoms with E-state index in [1.54, 1.807) is 24.3 Å². The zero-order valence-electron chi connectivity index (χ0n) is 17.2. The van der Waals surface area contributed by atoms with Gasteiger partial charge in [-0.1, -0.05) is 24.3 Å². The molecule has 0 spiro atoms. The lowest BCUT2D eigenvalue weighted by molar-refractivity contribution is -0.139. The molecule has 3 rings (SSSR count). The molecule has 3 aromatic rings. The van der Waals surface area contributed by atoms with Crippen LogP contribution in [0.25, 0.3) is 0 Å². The van der Waals surface area contributed by atoms with Gasteiger partial charge in [-0.25, -0.2) is 26.8 Å². The number of aliphatic carboxylic acids is 1. The van der Waals surface area contributed by atoms with Gasteiger partial charge in [0.25, 0.3) is 0 Å². The minimum atomic E-state index is -3.98. The van der Waals surface area contributed by atoms with Gasteiger partial charge in [-0.05, 0) is 47.5 Å². The van der Waals surface area contributed by atoms with Gasteiger partial charge in [-0.3, -0.25) is 4.98 Å². The van der Waals surface area contributed by atoms with E-state index < -0.39 is 32.6 Å². The molecule has 0 atom stereocenters. The molecule has 0 amide bonds. The number of sulfonamides is 2. The number of aromatic nitrogens is 1. The Balaban J connectivity index is 1.93. The molecule has 0 saturated carbocycles. The topological polar surface area (TPSA) is 157 Å². The van der Waals surface area contributed by atoms with E-state index in [2.05, 4.69) is 4.98 Å². The molecule has 12 heteroatoms. The van der Waals surface area contributed by atoms with Crippen LogP contribution in [-0.2, 0) is 37.9 Å². The number of hydrogen-bond acceptors (Lipinski definition) is 7. The number of carboxylic acids is 1. The normalized spacial score (nSPS) is 11.9. The average molecular weight is 492 g/mol. The van der Waals surface area contributed by atoms with Crippen molar-refractivity contribution in [1.29, 1.82) is 0 Å². The van der Waals surface area contributed by atoms with E-state index in [4.69, 9.17) is 15.0 Å². The Hall–Kier alpha value is -3.32. The zero-order valence-corrected chi connectivity index (χ0v) is 18.9. The Kier molecular flexibility index (Phi) is 7.43. The molecule has 174 valence electrons. The molecule has 1 aromatic heterocycles. The summed E-state index contributed by atoms with van der Waals surface area (Å²) in [5.74, 6) is -0.852. The highest BCUT2D eigenvalue weighted by molar-refractivity contribution is 7.89. The van der Waals surface area contributed by atoms with E-state index in [9.17, 15) is 21.6 Å². The summed E-state index contributed by atoms with van der Waals surface area (Å²) in [6.07, 6.45) is 2.69. The van der Waals surface area contributed by atoms with Crippen LogP contribution in [-0.4, -0.2) is 43.8 Å². The highest BCUT2D eigenvalue weighted by atomic mass is 32.2. The molecule has 33 heavy (non-hydrogen) atoms. The molecule has 0 radical (unpaired) electrons. The molecule has 0 unspecified atom stereocenters. The molecule has 1 heterocycles. The van der Waals surface area contributed by atoms with Crippen LogP contribution in [0.15, 0.2) is 82.8 Å². The standard InChI is InChI=1S/C21H21N3O7S2/c22-32(27,28)19-8-6-16(7-9-19)13-24(33(29,30)20-5-2-10-23-12-20)14-17-3-1-4-18(11-17)31-15-21(25)26/h1-12H,13-15H2,(H,25,26)(H2,22,27,28). The number of carbonyl (C=O) groups is 1. The average Bonchev–Trinajstić information content (AvgIpc) is 2.78. The maximum absolute atomic E-state index is 13.3. The molecule has 2 aromatic carbocycles. The largest absolute Gasteiger partial charge is 0.482 e. The van der Waals surface area contributed by atoms with E-state index in [1.165, 1.54) is 53.1 Å². The van der Waals surface area contributed by atoms with Crippen molar-refractivity contribution in [1.82, 2.24) is 9.29 Å². The van der Waals surface area contributed by atoms with Crippen molar-refractivity contribution in [3.8, 4) is 5.75 Å². The van der Waals surface area contributed by atoms with Crippen molar-refractivity contribution in [2.45, 2.75) is 22.9 Å². The van der Waals surface area contributed by atoms with Gasteiger partial charge in [-0.15, -0.1) is 0 Å². The van der Waals surface area contributed by atoms with Crippen molar-refractivity contribution < 1.29 is 31.5 Å². The van der Waals surface area contributed by atoms with Crippen LogP contribution in [0.1, 0.15) is 11.1 Å². The van der Waals surface area contributed by atoms with Crippen LogP contribution in [0.5, 0.6) is 5.75 Å². The van der Waals surface area contributed by atoms with Gasteiger partial charge in [-0.2, -0.15) is 4.31 Å².